The van der Waals surface area contributed by atoms with E-state index < -0.39 is 29.5 Å². The lowest BCUT2D eigenvalue weighted by Gasteiger charge is -2.21. The van der Waals surface area contributed by atoms with Crippen LogP contribution in [-0.2, 0) is 19.2 Å². The van der Waals surface area contributed by atoms with E-state index in [0.29, 0.717) is 0 Å². The van der Waals surface area contributed by atoms with Crippen molar-refractivity contribution >= 4 is 23.4 Å². The zero-order valence-electron chi connectivity index (χ0n) is 11.4. The minimum atomic E-state index is -1.11. The summed E-state index contributed by atoms with van der Waals surface area (Å²) >= 11 is 0. The molecule has 0 aromatic rings. The van der Waals surface area contributed by atoms with E-state index in [4.69, 9.17) is 5.11 Å². The van der Waals surface area contributed by atoms with Crippen molar-refractivity contribution < 1.29 is 24.3 Å². The predicted octanol–water partition coefficient (Wildman–Crippen LogP) is -0.259. The fraction of sp³-hybridized carbons (Fsp3) is 0.385. The van der Waals surface area contributed by atoms with Gasteiger partial charge in [-0.2, -0.15) is 0 Å². The Labute approximate surface area is 115 Å². The maximum Gasteiger partial charge on any atom is 0.326 e. The second-order valence-electron chi connectivity index (χ2n) is 4.73. The van der Waals surface area contributed by atoms with E-state index in [1.54, 1.807) is 13.8 Å². The van der Waals surface area contributed by atoms with Gasteiger partial charge in [-0.05, 0) is 5.92 Å². The molecule has 0 saturated carbocycles. The molecule has 1 rings (SSSR count). The Morgan fingerprint density at radius 2 is 1.60 bits per heavy atom. The lowest BCUT2D eigenvalue weighted by molar-refractivity contribution is -0.140. The monoisotopic (exact) mass is 280 g/mol. The van der Waals surface area contributed by atoms with Crippen molar-refractivity contribution in [3.63, 3.8) is 0 Å². The van der Waals surface area contributed by atoms with Crippen molar-refractivity contribution in [3.8, 4) is 0 Å². The van der Waals surface area contributed by atoms with Gasteiger partial charge in [0.1, 0.15) is 6.04 Å². The number of amides is 1. The van der Waals surface area contributed by atoms with Crippen molar-refractivity contribution in [2.24, 2.45) is 5.92 Å². The van der Waals surface area contributed by atoms with E-state index in [0.717, 1.165) is 12.2 Å². The molecular weight excluding hydrogens is 264 g/mol. The van der Waals surface area contributed by atoms with E-state index >= 15 is 0 Å². The summed E-state index contributed by atoms with van der Waals surface area (Å²) in [5.74, 6) is -2.96. The third-order valence-corrected chi connectivity index (χ3v) is 2.64. The van der Waals surface area contributed by atoms with E-state index in [2.05, 4.69) is 10.6 Å². The zero-order chi connectivity index (χ0) is 15.4. The topological polar surface area (TPSA) is 113 Å². The van der Waals surface area contributed by atoms with Gasteiger partial charge < -0.3 is 15.7 Å². The molecule has 20 heavy (non-hydrogen) atoms. The minimum Gasteiger partial charge on any atom is -0.480 e. The van der Waals surface area contributed by atoms with Gasteiger partial charge in [0.15, 0.2) is 0 Å². The number of carbonyl (C=O) groups excluding carboxylic acids is 3. The lowest BCUT2D eigenvalue weighted by Crippen LogP contribution is -2.43. The number of carboxylic acids is 1. The first-order chi connectivity index (χ1) is 9.22. The van der Waals surface area contributed by atoms with E-state index in [1.165, 1.54) is 6.92 Å². The van der Waals surface area contributed by atoms with Crippen LogP contribution in [-0.4, -0.2) is 34.6 Å². The Kier molecular flexibility index (Phi) is 4.79. The molecule has 0 aromatic heterocycles. The molecule has 7 nitrogen and oxygen atoms in total. The molecule has 0 aromatic carbocycles. The molecule has 0 saturated heterocycles. The summed E-state index contributed by atoms with van der Waals surface area (Å²) in [5, 5.41) is 13.8. The molecule has 0 bridgehead atoms. The van der Waals surface area contributed by atoms with Crippen LogP contribution < -0.4 is 10.6 Å². The van der Waals surface area contributed by atoms with Crippen LogP contribution in [0.15, 0.2) is 23.5 Å². The number of ketones is 2. The molecule has 1 unspecified atom stereocenters. The van der Waals surface area contributed by atoms with E-state index in [-0.39, 0.29) is 17.3 Å². The summed E-state index contributed by atoms with van der Waals surface area (Å²) in [6, 6.07) is -0.978. The summed E-state index contributed by atoms with van der Waals surface area (Å²) in [7, 11) is 0. The molecule has 1 amide bonds. The summed E-state index contributed by atoms with van der Waals surface area (Å²) in [6.45, 7) is 4.58. The highest BCUT2D eigenvalue weighted by atomic mass is 16.4. The number of aliphatic carboxylic acids is 1. The Bertz CT molecular complexity index is 531. The van der Waals surface area contributed by atoms with Gasteiger partial charge in [0.05, 0.1) is 11.4 Å². The van der Waals surface area contributed by atoms with Gasteiger partial charge in [0.25, 0.3) is 0 Å². The van der Waals surface area contributed by atoms with Crippen LogP contribution in [0.3, 0.4) is 0 Å². The van der Waals surface area contributed by atoms with Crippen LogP contribution in [0.25, 0.3) is 0 Å². The number of carboxylic acid groups (broad SMARTS) is 1. The van der Waals surface area contributed by atoms with Crippen molar-refractivity contribution in [1.82, 2.24) is 10.6 Å². The van der Waals surface area contributed by atoms with Gasteiger partial charge >= 0.3 is 5.97 Å². The smallest absolute Gasteiger partial charge is 0.326 e. The number of rotatable bonds is 5. The van der Waals surface area contributed by atoms with Crippen LogP contribution >= 0.6 is 0 Å². The third kappa shape index (κ3) is 3.78. The van der Waals surface area contributed by atoms with Crippen LogP contribution in [0.2, 0.25) is 0 Å². The Morgan fingerprint density at radius 3 is 2.05 bits per heavy atom. The minimum absolute atomic E-state index is 0.0924. The molecule has 0 aliphatic heterocycles. The van der Waals surface area contributed by atoms with Gasteiger partial charge in [-0.25, -0.2) is 4.79 Å². The van der Waals surface area contributed by atoms with Gasteiger partial charge in [-0.15, -0.1) is 0 Å². The lowest BCUT2D eigenvalue weighted by atomic mass is 10.0. The third-order valence-electron chi connectivity index (χ3n) is 2.64. The Morgan fingerprint density at radius 1 is 1.10 bits per heavy atom. The maximum atomic E-state index is 11.8. The molecule has 0 fully saturated rings. The number of carbonyl (C=O) groups is 4. The first-order valence-electron chi connectivity index (χ1n) is 6.01. The normalized spacial score (nSPS) is 16.4. The number of allylic oxidation sites excluding steroid dienone is 2. The summed E-state index contributed by atoms with van der Waals surface area (Å²) < 4.78 is 0. The second kappa shape index (κ2) is 6.14. The van der Waals surface area contributed by atoms with Crippen LogP contribution in [0, 0.1) is 5.92 Å². The van der Waals surface area contributed by atoms with Gasteiger partial charge in [-0.3, -0.25) is 14.4 Å². The molecule has 0 radical (unpaired) electrons. The van der Waals surface area contributed by atoms with Gasteiger partial charge in [0.2, 0.25) is 17.5 Å². The summed E-state index contributed by atoms with van der Waals surface area (Å²) in [5.41, 5.74) is -0.213. The maximum absolute atomic E-state index is 11.8. The summed E-state index contributed by atoms with van der Waals surface area (Å²) in [4.78, 5) is 45.4. The van der Waals surface area contributed by atoms with Crippen molar-refractivity contribution in [2.45, 2.75) is 26.8 Å². The highest BCUT2D eigenvalue weighted by Crippen LogP contribution is 2.11. The fourth-order valence-electron chi connectivity index (χ4n) is 1.64. The molecule has 3 N–H and O–H groups in total. The summed E-state index contributed by atoms with van der Waals surface area (Å²) in [6.07, 6.45) is 1.97. The second-order valence-corrected chi connectivity index (χ2v) is 4.73. The van der Waals surface area contributed by atoms with E-state index in [1.807, 2.05) is 0 Å². The molecule has 0 heterocycles. The molecular formula is C13H16N2O5. The Balaban J connectivity index is 2.90. The first kappa shape index (κ1) is 15.6. The van der Waals surface area contributed by atoms with Crippen LogP contribution in [0.5, 0.6) is 0 Å². The Hall–Kier alpha value is -2.44. The van der Waals surface area contributed by atoms with Crippen LogP contribution in [0.4, 0.5) is 0 Å². The zero-order valence-corrected chi connectivity index (χ0v) is 11.4. The number of hydrogen-bond acceptors (Lipinski definition) is 5. The van der Waals surface area contributed by atoms with Crippen LogP contribution in [0.1, 0.15) is 20.8 Å². The van der Waals surface area contributed by atoms with Crippen molar-refractivity contribution in [2.75, 3.05) is 0 Å². The molecule has 108 valence electrons. The highest BCUT2D eigenvalue weighted by molar-refractivity contribution is 6.20. The van der Waals surface area contributed by atoms with Crippen molar-refractivity contribution in [1.29, 1.82) is 0 Å². The van der Waals surface area contributed by atoms with Gasteiger partial charge in [-0.1, -0.05) is 13.8 Å². The average Bonchev–Trinajstić information content (AvgIpc) is 2.29. The standard InChI is InChI=1S/C13H16N2O5/c1-6(2)12(13(19)20)15-9-5-10(17)8(4-11(9)18)14-7(3)16/h4-6,12,15H,1-3H3,(H,14,16)(H,19,20). The highest BCUT2D eigenvalue weighted by Gasteiger charge is 2.27. The molecule has 1 aliphatic rings. The molecule has 1 atom stereocenters. The van der Waals surface area contributed by atoms with Gasteiger partial charge in [0, 0.05) is 19.1 Å². The number of nitrogens with one attached hydrogen (secondary N) is 2. The number of hydrogen-bond donors (Lipinski definition) is 3. The quantitative estimate of drug-likeness (QED) is 0.598. The largest absolute Gasteiger partial charge is 0.480 e. The fourth-order valence-corrected chi connectivity index (χ4v) is 1.64. The molecule has 1 aliphatic carbocycles. The SMILES string of the molecule is CC(=O)NC1=CC(=O)C(NC(C(=O)O)C(C)C)=CC1=O. The first-order valence-corrected chi connectivity index (χ1v) is 6.01. The average molecular weight is 280 g/mol. The van der Waals surface area contributed by atoms with E-state index in [9.17, 15) is 19.2 Å². The molecule has 7 heteroatoms. The predicted molar refractivity (Wildman–Crippen MR) is 69.4 cm³/mol. The molecule has 0 spiro atoms. The van der Waals surface area contributed by atoms with Crippen molar-refractivity contribution in [3.05, 3.63) is 23.5 Å².